The zero-order valence-corrected chi connectivity index (χ0v) is 24.7. The molecule has 0 heterocycles. The van der Waals surface area contributed by atoms with Crippen LogP contribution < -0.4 is 10.1 Å². The molecule has 16 heteroatoms. The van der Waals surface area contributed by atoms with Gasteiger partial charge in [0.2, 0.25) is 6.41 Å². The molecule has 2 atom stereocenters. The third kappa shape index (κ3) is 13.0. The van der Waals surface area contributed by atoms with E-state index in [-0.39, 0.29) is 36.7 Å². The summed E-state index contributed by atoms with van der Waals surface area (Å²) < 4.78 is 126. The minimum absolute atomic E-state index is 0.0491. The van der Waals surface area contributed by atoms with Gasteiger partial charge in [0.25, 0.3) is 6.47 Å². The SMILES string of the molecule is CC(C(OC=O)c1cc(C(F)(F)F)cc(C(F)(F)F)c1)N(C)Cc1cc(OC(F)(F)F)ccc1NC=O.CC(C)CN(C)C. The van der Waals surface area contributed by atoms with Crippen molar-refractivity contribution in [3.8, 4) is 5.75 Å². The van der Waals surface area contributed by atoms with Crippen molar-refractivity contribution in [3.63, 3.8) is 0 Å². The van der Waals surface area contributed by atoms with E-state index in [1.165, 1.54) is 25.4 Å². The molecule has 0 saturated heterocycles. The van der Waals surface area contributed by atoms with Gasteiger partial charge in [-0.2, -0.15) is 26.3 Å². The van der Waals surface area contributed by atoms with Crippen LogP contribution in [0.25, 0.3) is 0 Å². The monoisotopic (exact) mass is 647 g/mol. The Hall–Kier alpha value is -3.53. The normalized spacial score (nSPS) is 13.7. The predicted octanol–water partition coefficient (Wildman–Crippen LogP) is 7.13. The maximum atomic E-state index is 13.3. The van der Waals surface area contributed by atoms with Gasteiger partial charge in [-0.05, 0) is 88.1 Å². The maximum Gasteiger partial charge on any atom is 0.573 e. The number of alkyl halides is 9. The van der Waals surface area contributed by atoms with Crippen LogP contribution >= 0.6 is 0 Å². The summed E-state index contributed by atoms with van der Waals surface area (Å²) in [6.07, 6.45) is -16.7. The molecule has 44 heavy (non-hydrogen) atoms. The lowest BCUT2D eigenvalue weighted by Gasteiger charge is -2.32. The van der Waals surface area contributed by atoms with E-state index in [4.69, 9.17) is 4.74 Å². The Kier molecular flexibility index (Phi) is 14.0. The van der Waals surface area contributed by atoms with Crippen molar-refractivity contribution < 1.29 is 58.6 Å². The fraction of sp³-hybridized carbons (Fsp3) is 0.500. The maximum absolute atomic E-state index is 13.3. The second-order valence-corrected chi connectivity index (χ2v) is 10.4. The second-order valence-electron chi connectivity index (χ2n) is 10.4. The van der Waals surface area contributed by atoms with Crippen LogP contribution in [0.3, 0.4) is 0 Å². The fourth-order valence-electron chi connectivity index (χ4n) is 4.15. The molecule has 0 bridgehead atoms. The average Bonchev–Trinajstić information content (AvgIpc) is 2.85. The van der Waals surface area contributed by atoms with Crippen molar-refractivity contribution >= 4 is 18.6 Å². The summed E-state index contributed by atoms with van der Waals surface area (Å²) in [7, 11) is 5.52. The molecule has 2 aromatic carbocycles. The summed E-state index contributed by atoms with van der Waals surface area (Å²) in [5.41, 5.74) is -3.76. The Labute approximate surface area is 248 Å². The van der Waals surface area contributed by atoms with E-state index >= 15 is 0 Å². The molecule has 0 radical (unpaired) electrons. The second kappa shape index (κ2) is 16.0. The molecular weight excluding hydrogens is 613 g/mol. The van der Waals surface area contributed by atoms with E-state index in [0.29, 0.717) is 12.1 Å². The highest BCUT2D eigenvalue weighted by Gasteiger charge is 2.39. The van der Waals surface area contributed by atoms with E-state index in [1.54, 1.807) is 0 Å². The Balaban J connectivity index is 0.00000123. The van der Waals surface area contributed by atoms with Gasteiger partial charge in [0.15, 0.2) is 0 Å². The number of amides is 1. The number of halogens is 9. The number of ether oxygens (including phenoxy) is 2. The van der Waals surface area contributed by atoms with Crippen molar-refractivity contribution in [2.75, 3.05) is 33.0 Å². The first-order valence-corrected chi connectivity index (χ1v) is 12.9. The van der Waals surface area contributed by atoms with Crippen molar-refractivity contribution in [2.45, 2.75) is 58.2 Å². The van der Waals surface area contributed by atoms with Crippen LogP contribution in [0.15, 0.2) is 36.4 Å². The number of rotatable bonds is 12. The number of hydrogen-bond acceptors (Lipinski definition) is 6. The summed E-state index contributed by atoms with van der Waals surface area (Å²) in [5.74, 6) is 0.156. The molecular formula is C28H34F9N3O4. The number of carbonyl (C=O) groups is 2. The standard InChI is InChI=1S/C22H19F9N2O4.C6H15N/c1-12(33(2)9-14-7-17(37-22(29,30)31)3-4-18(14)32-10-34)19(36-11-35)13-5-15(20(23,24)25)8-16(6-13)21(26,27)28;1-6(2)5-7(3)4/h3-8,10-12,19H,9H2,1-2H3,(H,32,34);6H,5H2,1-4H3. The third-order valence-corrected chi connectivity index (χ3v) is 5.95. The summed E-state index contributed by atoms with van der Waals surface area (Å²) in [6.45, 7) is 6.50. The first-order chi connectivity index (χ1) is 20.1. The minimum Gasteiger partial charge on any atom is -0.458 e. The molecule has 0 saturated carbocycles. The highest BCUT2D eigenvalue weighted by atomic mass is 19.4. The van der Waals surface area contributed by atoms with Gasteiger partial charge in [0.1, 0.15) is 11.9 Å². The molecule has 248 valence electrons. The van der Waals surface area contributed by atoms with Crippen LogP contribution in [0.1, 0.15) is 49.1 Å². The van der Waals surface area contributed by atoms with Gasteiger partial charge in [-0.15, -0.1) is 13.2 Å². The van der Waals surface area contributed by atoms with Gasteiger partial charge >= 0.3 is 18.7 Å². The molecule has 0 aliphatic heterocycles. The smallest absolute Gasteiger partial charge is 0.458 e. The van der Waals surface area contributed by atoms with Gasteiger partial charge in [-0.1, -0.05) is 13.8 Å². The van der Waals surface area contributed by atoms with Crippen LogP contribution in [0.2, 0.25) is 0 Å². The van der Waals surface area contributed by atoms with E-state index in [0.717, 1.165) is 24.1 Å². The molecule has 0 aromatic heterocycles. The number of anilines is 1. The summed E-state index contributed by atoms with van der Waals surface area (Å²) in [4.78, 5) is 25.5. The fourth-order valence-corrected chi connectivity index (χ4v) is 4.15. The van der Waals surface area contributed by atoms with Crippen molar-refractivity contribution in [1.29, 1.82) is 0 Å². The summed E-state index contributed by atoms with van der Waals surface area (Å²) >= 11 is 0. The summed E-state index contributed by atoms with van der Waals surface area (Å²) in [5, 5.41) is 2.26. The molecule has 0 spiro atoms. The van der Waals surface area contributed by atoms with Crippen LogP contribution in [-0.2, 0) is 33.2 Å². The molecule has 0 aliphatic carbocycles. The highest BCUT2D eigenvalue weighted by molar-refractivity contribution is 5.73. The first-order valence-electron chi connectivity index (χ1n) is 12.9. The van der Waals surface area contributed by atoms with Crippen LogP contribution in [-0.4, -0.2) is 62.8 Å². The zero-order valence-electron chi connectivity index (χ0n) is 24.7. The molecule has 0 aliphatic rings. The quantitative estimate of drug-likeness (QED) is 0.195. The van der Waals surface area contributed by atoms with Gasteiger partial charge in [0, 0.05) is 18.3 Å². The van der Waals surface area contributed by atoms with E-state index in [9.17, 15) is 49.1 Å². The average molecular weight is 648 g/mol. The topological polar surface area (TPSA) is 71.1 Å². The van der Waals surface area contributed by atoms with Crippen LogP contribution in [0.5, 0.6) is 5.75 Å². The molecule has 0 fully saturated rings. The number of nitrogens with zero attached hydrogens (tertiary/aromatic N) is 2. The predicted molar refractivity (Wildman–Crippen MR) is 143 cm³/mol. The Bertz CT molecular complexity index is 1180. The number of nitrogens with one attached hydrogen (secondary N) is 1. The molecule has 7 nitrogen and oxygen atoms in total. The van der Waals surface area contributed by atoms with E-state index in [2.05, 4.69) is 42.9 Å². The molecule has 1 amide bonds. The van der Waals surface area contributed by atoms with Gasteiger partial charge in [-0.3, -0.25) is 14.5 Å². The minimum atomic E-state index is -5.15. The van der Waals surface area contributed by atoms with Gasteiger partial charge in [-0.25, -0.2) is 0 Å². The molecule has 2 rings (SSSR count). The van der Waals surface area contributed by atoms with Crippen molar-refractivity contribution in [1.82, 2.24) is 9.80 Å². The van der Waals surface area contributed by atoms with Crippen LogP contribution in [0.4, 0.5) is 45.2 Å². The first kappa shape index (κ1) is 38.5. The molecule has 2 aromatic rings. The lowest BCUT2D eigenvalue weighted by atomic mass is 9.96. The number of carbonyl (C=O) groups excluding carboxylic acids is 2. The highest BCUT2D eigenvalue weighted by Crippen LogP contribution is 2.39. The van der Waals surface area contributed by atoms with E-state index < -0.39 is 53.3 Å². The van der Waals surface area contributed by atoms with Crippen molar-refractivity contribution in [2.24, 2.45) is 5.92 Å². The third-order valence-electron chi connectivity index (χ3n) is 5.95. The Morgan fingerprint density at radius 1 is 0.841 bits per heavy atom. The Morgan fingerprint density at radius 3 is 1.77 bits per heavy atom. The molecule has 2 unspecified atom stereocenters. The van der Waals surface area contributed by atoms with Crippen molar-refractivity contribution in [3.05, 3.63) is 58.7 Å². The largest absolute Gasteiger partial charge is 0.573 e. The molecule has 1 N–H and O–H groups in total. The van der Waals surface area contributed by atoms with Gasteiger partial charge < -0.3 is 19.7 Å². The lowest BCUT2D eigenvalue weighted by Crippen LogP contribution is -2.35. The lowest BCUT2D eigenvalue weighted by molar-refractivity contribution is -0.274. The van der Waals surface area contributed by atoms with E-state index in [1.807, 2.05) is 0 Å². The summed E-state index contributed by atoms with van der Waals surface area (Å²) in [6, 6.07) is 2.59. The number of benzene rings is 2. The van der Waals surface area contributed by atoms with Gasteiger partial charge in [0.05, 0.1) is 11.1 Å². The number of hydrogen-bond donors (Lipinski definition) is 1. The Morgan fingerprint density at radius 2 is 1.39 bits per heavy atom. The number of likely N-dealkylation sites (N-methyl/N-ethyl adjacent to an activating group) is 1. The van der Waals surface area contributed by atoms with Crippen LogP contribution in [0, 0.1) is 5.92 Å². The zero-order chi connectivity index (χ0) is 34.0.